The van der Waals surface area contributed by atoms with Crippen LogP contribution >= 0.6 is 0 Å². The van der Waals surface area contributed by atoms with Crippen molar-refractivity contribution in [2.75, 3.05) is 6.61 Å². The number of rotatable bonds is 6. The molecule has 0 atom stereocenters. The molecule has 66 valence electrons. The Balaban J connectivity index is 3.76. The molecule has 0 heterocycles. The van der Waals surface area contributed by atoms with E-state index in [1.54, 1.807) is 12.2 Å². The zero-order valence-corrected chi connectivity index (χ0v) is 7.12. The second-order valence-electron chi connectivity index (χ2n) is 1.98. The maximum atomic E-state index is 9.80. The Hall–Kier alpha value is -1.35. The first-order chi connectivity index (χ1) is 5.85. The Kier molecular flexibility index (Phi) is 6.88. The van der Waals surface area contributed by atoms with Crippen LogP contribution in [0.1, 0.15) is 6.92 Å². The molecule has 12 heavy (non-hydrogen) atoms. The summed E-state index contributed by atoms with van der Waals surface area (Å²) in [5.41, 5.74) is 3.08. The zero-order chi connectivity index (χ0) is 9.23. The summed E-state index contributed by atoms with van der Waals surface area (Å²) in [4.78, 5) is 14.6. The quantitative estimate of drug-likeness (QED) is 0.281. The molecule has 0 aliphatic heterocycles. The van der Waals surface area contributed by atoms with Crippen LogP contribution < -0.4 is 5.48 Å². The molecule has 0 bridgehead atoms. The standard InChI is InChI=1S/C9H13NO2/c1-3-5-6-9(4-2)7-12-10-8-11/h3-6,8H,1,7H2,2H3,(H,10,11)/b6-5-,9-4+. The van der Waals surface area contributed by atoms with E-state index in [0.29, 0.717) is 13.0 Å². The Morgan fingerprint density at radius 3 is 2.92 bits per heavy atom. The molecular weight excluding hydrogens is 154 g/mol. The number of amides is 1. The Morgan fingerprint density at radius 1 is 1.67 bits per heavy atom. The molecule has 0 unspecified atom stereocenters. The van der Waals surface area contributed by atoms with Crippen LogP contribution in [0.2, 0.25) is 0 Å². The third-order valence-electron chi connectivity index (χ3n) is 1.19. The van der Waals surface area contributed by atoms with Gasteiger partial charge in [0.25, 0.3) is 0 Å². The largest absolute Gasteiger partial charge is 0.277 e. The molecule has 0 aromatic carbocycles. The molecule has 0 spiro atoms. The highest BCUT2D eigenvalue weighted by Crippen LogP contribution is 1.96. The summed E-state index contributed by atoms with van der Waals surface area (Å²) in [7, 11) is 0. The van der Waals surface area contributed by atoms with Crippen LogP contribution in [-0.2, 0) is 9.63 Å². The minimum Gasteiger partial charge on any atom is -0.277 e. The molecule has 0 aliphatic rings. The van der Waals surface area contributed by atoms with Crippen LogP contribution in [0.25, 0.3) is 0 Å². The third-order valence-corrected chi connectivity index (χ3v) is 1.19. The van der Waals surface area contributed by atoms with Crippen LogP contribution in [0.4, 0.5) is 0 Å². The van der Waals surface area contributed by atoms with Crippen molar-refractivity contribution in [3.63, 3.8) is 0 Å². The highest BCUT2D eigenvalue weighted by molar-refractivity contribution is 5.43. The smallest absolute Gasteiger partial charge is 0.230 e. The average Bonchev–Trinajstić information content (AvgIpc) is 2.11. The molecule has 3 nitrogen and oxygen atoms in total. The van der Waals surface area contributed by atoms with Crippen LogP contribution in [0.5, 0.6) is 0 Å². The molecule has 0 saturated heterocycles. The molecule has 0 fully saturated rings. The van der Waals surface area contributed by atoms with Gasteiger partial charge in [0.15, 0.2) is 0 Å². The van der Waals surface area contributed by atoms with Gasteiger partial charge in [-0.2, -0.15) is 0 Å². The molecule has 0 rings (SSSR count). The first-order valence-electron chi connectivity index (χ1n) is 3.60. The highest BCUT2D eigenvalue weighted by atomic mass is 16.6. The van der Waals surface area contributed by atoms with Crippen LogP contribution in [0.3, 0.4) is 0 Å². The van der Waals surface area contributed by atoms with Gasteiger partial charge in [-0.3, -0.25) is 9.63 Å². The van der Waals surface area contributed by atoms with E-state index in [1.165, 1.54) is 0 Å². The zero-order valence-electron chi connectivity index (χ0n) is 7.12. The summed E-state index contributed by atoms with van der Waals surface area (Å²) in [5.74, 6) is 0. The first kappa shape index (κ1) is 10.7. The van der Waals surface area contributed by atoms with E-state index in [2.05, 4.69) is 12.1 Å². The number of carbonyl (C=O) groups excluding carboxylic acids is 1. The van der Waals surface area contributed by atoms with Crippen molar-refractivity contribution < 1.29 is 9.63 Å². The van der Waals surface area contributed by atoms with Gasteiger partial charge in [0, 0.05) is 0 Å². The van der Waals surface area contributed by atoms with Gasteiger partial charge in [0.05, 0.1) is 6.61 Å². The van der Waals surface area contributed by atoms with Crippen LogP contribution in [0.15, 0.2) is 36.5 Å². The SMILES string of the molecule is C=C/C=C\C(=C/C)CONC=O. The maximum Gasteiger partial charge on any atom is 0.230 e. The second kappa shape index (κ2) is 7.75. The molecule has 0 aliphatic carbocycles. The number of hydrogen-bond acceptors (Lipinski definition) is 2. The van der Waals surface area contributed by atoms with E-state index in [-0.39, 0.29) is 0 Å². The van der Waals surface area contributed by atoms with Gasteiger partial charge < -0.3 is 0 Å². The Bertz CT molecular complexity index is 195. The van der Waals surface area contributed by atoms with E-state index >= 15 is 0 Å². The van der Waals surface area contributed by atoms with Crippen molar-refractivity contribution in [1.29, 1.82) is 0 Å². The fraction of sp³-hybridized carbons (Fsp3) is 0.222. The first-order valence-corrected chi connectivity index (χ1v) is 3.60. The van der Waals surface area contributed by atoms with Gasteiger partial charge in [-0.25, -0.2) is 5.48 Å². The van der Waals surface area contributed by atoms with Gasteiger partial charge in [-0.15, -0.1) is 0 Å². The van der Waals surface area contributed by atoms with Crippen molar-refractivity contribution in [1.82, 2.24) is 5.48 Å². The monoisotopic (exact) mass is 167 g/mol. The van der Waals surface area contributed by atoms with Gasteiger partial charge in [-0.05, 0) is 12.5 Å². The minimum atomic E-state index is 0.361. The molecule has 1 N–H and O–H groups in total. The summed E-state index contributed by atoms with van der Waals surface area (Å²) in [6.07, 6.45) is 7.73. The lowest BCUT2D eigenvalue weighted by Gasteiger charge is -2.00. The number of hydrogen-bond donors (Lipinski definition) is 1. The molecule has 1 amide bonds. The van der Waals surface area contributed by atoms with E-state index in [4.69, 9.17) is 4.84 Å². The highest BCUT2D eigenvalue weighted by Gasteiger charge is 1.89. The molecule has 3 heteroatoms. The Labute approximate surface area is 72.4 Å². The van der Waals surface area contributed by atoms with Gasteiger partial charge in [0.2, 0.25) is 6.41 Å². The van der Waals surface area contributed by atoms with Crippen molar-refractivity contribution in [3.05, 3.63) is 36.5 Å². The van der Waals surface area contributed by atoms with Crippen LogP contribution in [-0.4, -0.2) is 13.0 Å². The number of nitrogens with one attached hydrogen (secondary N) is 1. The summed E-state index contributed by atoms with van der Waals surface area (Å²) in [5, 5.41) is 0. The average molecular weight is 167 g/mol. The number of carbonyl (C=O) groups is 1. The van der Waals surface area contributed by atoms with Crippen molar-refractivity contribution >= 4 is 6.41 Å². The number of allylic oxidation sites excluding steroid dienone is 3. The minimum absolute atomic E-state index is 0.361. The maximum absolute atomic E-state index is 9.80. The summed E-state index contributed by atoms with van der Waals surface area (Å²) in [6, 6.07) is 0. The Morgan fingerprint density at radius 2 is 2.42 bits per heavy atom. The summed E-state index contributed by atoms with van der Waals surface area (Å²) >= 11 is 0. The van der Waals surface area contributed by atoms with E-state index in [9.17, 15) is 4.79 Å². The topological polar surface area (TPSA) is 38.3 Å². The molecular formula is C9H13NO2. The van der Waals surface area contributed by atoms with Crippen molar-refractivity contribution in [2.45, 2.75) is 6.92 Å². The fourth-order valence-electron chi connectivity index (χ4n) is 0.578. The fourth-order valence-corrected chi connectivity index (χ4v) is 0.578. The van der Waals surface area contributed by atoms with Crippen LogP contribution in [0, 0.1) is 0 Å². The van der Waals surface area contributed by atoms with E-state index in [1.807, 2.05) is 19.1 Å². The molecule has 0 aromatic rings. The van der Waals surface area contributed by atoms with Crippen molar-refractivity contribution in [3.8, 4) is 0 Å². The lowest BCUT2D eigenvalue weighted by atomic mass is 10.2. The second-order valence-corrected chi connectivity index (χ2v) is 1.98. The predicted octanol–water partition coefficient (Wildman–Crippen LogP) is 1.35. The van der Waals surface area contributed by atoms with Gasteiger partial charge >= 0.3 is 0 Å². The van der Waals surface area contributed by atoms with Gasteiger partial charge in [-0.1, -0.05) is 30.9 Å². The number of hydroxylamine groups is 1. The third kappa shape index (κ3) is 5.44. The van der Waals surface area contributed by atoms with E-state index in [0.717, 1.165) is 5.57 Å². The normalized spacial score (nSPS) is 11.6. The lowest BCUT2D eigenvalue weighted by molar-refractivity contribution is -0.119. The van der Waals surface area contributed by atoms with Crippen molar-refractivity contribution in [2.24, 2.45) is 0 Å². The lowest BCUT2D eigenvalue weighted by Crippen LogP contribution is -2.13. The molecule has 0 aromatic heterocycles. The van der Waals surface area contributed by atoms with Gasteiger partial charge in [0.1, 0.15) is 0 Å². The predicted molar refractivity (Wildman–Crippen MR) is 48.2 cm³/mol. The summed E-state index contributed by atoms with van der Waals surface area (Å²) < 4.78 is 0. The molecule has 0 radical (unpaired) electrons. The molecule has 0 saturated carbocycles. The van der Waals surface area contributed by atoms with E-state index < -0.39 is 0 Å². The summed E-state index contributed by atoms with van der Waals surface area (Å²) in [6.45, 7) is 5.79.